The molecular formula is C5H10ClN3O2. The lowest BCUT2D eigenvalue weighted by Gasteiger charge is -2.01. The average Bonchev–Trinajstić information content (AvgIpc) is 1.99. The number of methoxy groups -OCH3 is 1. The van der Waals surface area contributed by atoms with Crippen molar-refractivity contribution in [2.24, 2.45) is 10.8 Å². The summed E-state index contributed by atoms with van der Waals surface area (Å²) in [7, 11) is 1.23. The molecule has 0 aliphatic carbocycles. The third-order valence-electron chi connectivity index (χ3n) is 0.869. The van der Waals surface area contributed by atoms with E-state index in [0.717, 1.165) is 0 Å². The monoisotopic (exact) mass is 179 g/mol. The van der Waals surface area contributed by atoms with E-state index >= 15 is 0 Å². The number of hydrazone groups is 1. The maximum absolute atomic E-state index is 10.4. The first kappa shape index (κ1) is 10.0. The fourth-order valence-electron chi connectivity index (χ4n) is 0.245. The largest absolute Gasteiger partial charge is 0.452 e. The highest BCUT2D eigenvalue weighted by molar-refractivity contribution is 6.31. The molecule has 6 heteroatoms. The molecule has 0 bridgehead atoms. The Bertz CT molecular complexity index is 169. The number of nitrogens with one attached hydrogen (secondary N) is 1. The summed E-state index contributed by atoms with van der Waals surface area (Å²) in [5.74, 6) is 0.136. The molecule has 0 aliphatic heterocycles. The summed E-state index contributed by atoms with van der Waals surface area (Å²) in [6.45, 7) is 1.64. The standard InChI is InChI=1S/C5H10ClN3O2/c1-3(6)4(7)8-9-5(10)11-2/h3H,1-2H3,(H2,7,8)(H,9,10). The van der Waals surface area contributed by atoms with Gasteiger partial charge < -0.3 is 10.5 Å². The van der Waals surface area contributed by atoms with E-state index in [2.05, 4.69) is 9.84 Å². The molecule has 1 unspecified atom stereocenters. The molecule has 0 spiro atoms. The Labute approximate surface area is 69.5 Å². The van der Waals surface area contributed by atoms with Gasteiger partial charge in [-0.25, -0.2) is 10.2 Å². The Morgan fingerprint density at radius 1 is 1.82 bits per heavy atom. The third-order valence-corrected chi connectivity index (χ3v) is 1.09. The lowest BCUT2D eigenvalue weighted by atomic mass is 10.4. The number of nitrogens with two attached hydrogens (primary N) is 1. The van der Waals surface area contributed by atoms with E-state index in [9.17, 15) is 4.79 Å². The van der Waals surface area contributed by atoms with Crippen LogP contribution in [0.15, 0.2) is 5.10 Å². The number of hydrogen-bond donors (Lipinski definition) is 2. The van der Waals surface area contributed by atoms with E-state index in [0.29, 0.717) is 0 Å². The molecule has 3 N–H and O–H groups in total. The third kappa shape index (κ3) is 4.44. The number of amidine groups is 1. The Morgan fingerprint density at radius 3 is 2.73 bits per heavy atom. The van der Waals surface area contributed by atoms with Gasteiger partial charge in [-0.1, -0.05) is 0 Å². The molecule has 0 saturated heterocycles. The zero-order valence-corrected chi connectivity index (χ0v) is 7.05. The minimum absolute atomic E-state index is 0.136. The van der Waals surface area contributed by atoms with Crippen LogP contribution in [0, 0.1) is 0 Å². The topological polar surface area (TPSA) is 76.7 Å². The van der Waals surface area contributed by atoms with Crippen molar-refractivity contribution in [3.8, 4) is 0 Å². The molecule has 0 heterocycles. The second-order valence-corrected chi connectivity index (χ2v) is 2.41. The van der Waals surface area contributed by atoms with Gasteiger partial charge in [0.1, 0.15) is 5.84 Å². The number of carbonyl (C=O) groups excluding carboxylic acids is 1. The number of rotatable bonds is 2. The Kier molecular flexibility index (Phi) is 4.36. The highest BCUT2D eigenvalue weighted by Gasteiger charge is 2.02. The van der Waals surface area contributed by atoms with Crippen LogP contribution in [0.1, 0.15) is 6.92 Å². The summed E-state index contributed by atoms with van der Waals surface area (Å²) in [6.07, 6.45) is -0.676. The first-order valence-corrected chi connectivity index (χ1v) is 3.32. The van der Waals surface area contributed by atoms with E-state index < -0.39 is 11.5 Å². The first-order chi connectivity index (χ1) is 5.07. The summed E-state index contributed by atoms with van der Waals surface area (Å²) in [5, 5.41) is 3.02. The number of halogens is 1. The van der Waals surface area contributed by atoms with E-state index in [4.69, 9.17) is 17.3 Å². The summed E-state index contributed by atoms with van der Waals surface area (Å²) < 4.78 is 4.22. The molecule has 0 saturated carbocycles. The van der Waals surface area contributed by atoms with E-state index in [1.165, 1.54) is 7.11 Å². The van der Waals surface area contributed by atoms with Gasteiger partial charge in [-0.15, -0.1) is 11.6 Å². The predicted molar refractivity (Wildman–Crippen MR) is 42.5 cm³/mol. The smallest absolute Gasteiger partial charge is 0.427 e. The number of alkyl halides is 1. The molecule has 0 aliphatic rings. The van der Waals surface area contributed by atoms with Gasteiger partial charge in [0.25, 0.3) is 0 Å². The van der Waals surface area contributed by atoms with E-state index in [-0.39, 0.29) is 5.84 Å². The lowest BCUT2D eigenvalue weighted by molar-refractivity contribution is 0.171. The fourth-order valence-corrected chi connectivity index (χ4v) is 0.294. The van der Waals surface area contributed by atoms with Crippen LogP contribution in [0.5, 0.6) is 0 Å². The molecule has 0 aromatic heterocycles. The number of hydrogen-bond acceptors (Lipinski definition) is 3. The number of carbonyl (C=O) groups is 1. The molecule has 64 valence electrons. The summed E-state index contributed by atoms with van der Waals surface area (Å²) >= 11 is 5.51. The van der Waals surface area contributed by atoms with Crippen LogP contribution < -0.4 is 11.2 Å². The van der Waals surface area contributed by atoms with E-state index in [1.54, 1.807) is 6.92 Å². The zero-order valence-electron chi connectivity index (χ0n) is 6.30. The van der Waals surface area contributed by atoms with Gasteiger partial charge in [0.15, 0.2) is 0 Å². The minimum atomic E-state index is -0.676. The van der Waals surface area contributed by atoms with Crippen molar-refractivity contribution in [1.82, 2.24) is 5.43 Å². The summed E-state index contributed by atoms with van der Waals surface area (Å²) in [4.78, 5) is 10.4. The zero-order chi connectivity index (χ0) is 8.85. The summed E-state index contributed by atoms with van der Waals surface area (Å²) in [6, 6.07) is 0. The van der Waals surface area contributed by atoms with Gasteiger partial charge >= 0.3 is 6.09 Å². The van der Waals surface area contributed by atoms with Crippen molar-refractivity contribution in [3.05, 3.63) is 0 Å². The van der Waals surface area contributed by atoms with Crippen molar-refractivity contribution >= 4 is 23.5 Å². The molecular weight excluding hydrogens is 170 g/mol. The molecule has 5 nitrogen and oxygen atoms in total. The van der Waals surface area contributed by atoms with Crippen molar-refractivity contribution in [1.29, 1.82) is 0 Å². The lowest BCUT2D eigenvalue weighted by Crippen LogP contribution is -2.27. The van der Waals surface area contributed by atoms with E-state index in [1.807, 2.05) is 5.43 Å². The van der Waals surface area contributed by atoms with Gasteiger partial charge in [0, 0.05) is 0 Å². The van der Waals surface area contributed by atoms with Crippen molar-refractivity contribution in [2.45, 2.75) is 12.3 Å². The van der Waals surface area contributed by atoms with Gasteiger partial charge in [-0.3, -0.25) is 0 Å². The van der Waals surface area contributed by atoms with Crippen LogP contribution in [0.3, 0.4) is 0 Å². The van der Waals surface area contributed by atoms with Crippen LogP contribution in [-0.2, 0) is 4.74 Å². The van der Waals surface area contributed by atoms with Crippen LogP contribution in [0.2, 0.25) is 0 Å². The Morgan fingerprint density at radius 2 is 2.36 bits per heavy atom. The van der Waals surface area contributed by atoms with Crippen LogP contribution >= 0.6 is 11.6 Å². The van der Waals surface area contributed by atoms with Crippen molar-refractivity contribution in [3.63, 3.8) is 0 Å². The molecule has 1 atom stereocenters. The maximum atomic E-state index is 10.4. The Balaban J connectivity index is 3.82. The number of ether oxygens (including phenoxy) is 1. The highest BCUT2D eigenvalue weighted by atomic mass is 35.5. The molecule has 1 amide bonds. The van der Waals surface area contributed by atoms with Crippen LogP contribution in [0.25, 0.3) is 0 Å². The molecule has 0 aromatic carbocycles. The molecule has 0 fully saturated rings. The normalized spacial score (nSPS) is 13.9. The van der Waals surface area contributed by atoms with Gasteiger partial charge in [-0.05, 0) is 6.92 Å². The quantitative estimate of drug-likeness (QED) is 0.276. The molecule has 11 heavy (non-hydrogen) atoms. The average molecular weight is 180 g/mol. The second kappa shape index (κ2) is 4.79. The first-order valence-electron chi connectivity index (χ1n) is 2.89. The van der Waals surface area contributed by atoms with Crippen LogP contribution in [-0.4, -0.2) is 24.4 Å². The van der Waals surface area contributed by atoms with Crippen LogP contribution in [0.4, 0.5) is 4.79 Å². The highest BCUT2D eigenvalue weighted by Crippen LogP contribution is 1.91. The maximum Gasteiger partial charge on any atom is 0.427 e. The van der Waals surface area contributed by atoms with Gasteiger partial charge in [-0.2, -0.15) is 5.10 Å². The molecule has 0 rings (SSSR count). The van der Waals surface area contributed by atoms with Gasteiger partial charge in [0.2, 0.25) is 0 Å². The Hall–Kier alpha value is -0.970. The number of nitrogens with zero attached hydrogens (tertiary/aromatic N) is 1. The molecule has 0 radical (unpaired) electrons. The van der Waals surface area contributed by atoms with Gasteiger partial charge in [0.05, 0.1) is 12.5 Å². The predicted octanol–water partition coefficient (Wildman–Crippen LogP) is 0.242. The second-order valence-electron chi connectivity index (χ2n) is 1.76. The number of amides is 1. The molecule has 0 aromatic rings. The SMILES string of the molecule is COC(=O)N/N=C(\N)C(C)Cl. The van der Waals surface area contributed by atoms with Crippen molar-refractivity contribution in [2.75, 3.05) is 7.11 Å². The minimum Gasteiger partial charge on any atom is -0.452 e. The summed E-state index contributed by atoms with van der Waals surface area (Å²) in [5.41, 5.74) is 7.30. The fraction of sp³-hybridized carbons (Fsp3) is 0.600. The van der Waals surface area contributed by atoms with Crippen molar-refractivity contribution < 1.29 is 9.53 Å².